The Kier molecular flexibility index (Phi) is 5.76. The first-order chi connectivity index (χ1) is 15.2. The number of carbonyl (C=O) groups is 1. The fourth-order valence-electron chi connectivity index (χ4n) is 4.81. The monoisotopic (exact) mass is 422 g/mol. The van der Waals surface area contributed by atoms with E-state index in [-0.39, 0.29) is 12.2 Å². The number of rotatable bonds is 7. The summed E-state index contributed by atoms with van der Waals surface area (Å²) >= 11 is 0. The summed E-state index contributed by atoms with van der Waals surface area (Å²) in [5.41, 5.74) is 3.34. The Morgan fingerprint density at radius 3 is 2.77 bits per heavy atom. The summed E-state index contributed by atoms with van der Waals surface area (Å²) in [6, 6.07) is 4.23. The maximum atomic E-state index is 13.0. The van der Waals surface area contributed by atoms with Gasteiger partial charge in [-0.1, -0.05) is 12.8 Å². The minimum Gasteiger partial charge on any atom is -0.493 e. The molecule has 0 atom stereocenters. The van der Waals surface area contributed by atoms with Gasteiger partial charge in [-0.05, 0) is 38.7 Å². The standard InChI is InChI=1S/C24H30N4O3/c1-2-31-23-14-24-25-21(17-8-11-30-12-9-17)16-27(24)15-18(23)13-22(29)20-7-10-28(26-20)19-5-3-4-6-19/h7,10,14-17,19H,2-6,8-9,11-13H2,1H3. The molecule has 0 amide bonds. The van der Waals surface area contributed by atoms with Crippen LogP contribution in [0.4, 0.5) is 0 Å². The molecule has 3 aromatic heterocycles. The highest BCUT2D eigenvalue weighted by Crippen LogP contribution is 2.30. The predicted molar refractivity (Wildman–Crippen MR) is 117 cm³/mol. The average molecular weight is 423 g/mol. The van der Waals surface area contributed by atoms with Gasteiger partial charge in [0.25, 0.3) is 0 Å². The number of ether oxygens (including phenoxy) is 2. The zero-order valence-electron chi connectivity index (χ0n) is 18.1. The van der Waals surface area contributed by atoms with E-state index in [0.717, 1.165) is 61.6 Å². The van der Waals surface area contributed by atoms with Gasteiger partial charge < -0.3 is 13.9 Å². The van der Waals surface area contributed by atoms with E-state index in [4.69, 9.17) is 14.5 Å². The van der Waals surface area contributed by atoms with Crippen LogP contribution in [0.25, 0.3) is 5.65 Å². The third kappa shape index (κ3) is 4.24. The Hall–Kier alpha value is -2.67. The van der Waals surface area contributed by atoms with Crippen LogP contribution < -0.4 is 4.74 Å². The summed E-state index contributed by atoms with van der Waals surface area (Å²) in [6.07, 6.45) is 13.1. The van der Waals surface area contributed by atoms with Crippen molar-refractivity contribution in [1.82, 2.24) is 19.2 Å². The molecule has 5 rings (SSSR count). The number of Topliss-reactive ketones (excluding diaryl/α,β-unsaturated/α-hetero) is 1. The second-order valence-corrected chi connectivity index (χ2v) is 8.63. The summed E-state index contributed by atoms with van der Waals surface area (Å²) in [7, 11) is 0. The molecule has 0 N–H and O–H groups in total. The van der Waals surface area contributed by atoms with Gasteiger partial charge in [-0.15, -0.1) is 0 Å². The van der Waals surface area contributed by atoms with Gasteiger partial charge in [0.05, 0.1) is 18.3 Å². The lowest BCUT2D eigenvalue weighted by molar-refractivity contribution is 0.0846. The molecule has 7 heteroatoms. The van der Waals surface area contributed by atoms with Crippen molar-refractivity contribution in [2.75, 3.05) is 19.8 Å². The van der Waals surface area contributed by atoms with Crippen molar-refractivity contribution < 1.29 is 14.3 Å². The number of ketones is 1. The van der Waals surface area contributed by atoms with Crippen molar-refractivity contribution in [1.29, 1.82) is 0 Å². The lowest BCUT2D eigenvalue weighted by Gasteiger charge is -2.19. The Morgan fingerprint density at radius 1 is 1.19 bits per heavy atom. The van der Waals surface area contributed by atoms with Crippen molar-refractivity contribution in [3.05, 3.63) is 47.7 Å². The van der Waals surface area contributed by atoms with Gasteiger partial charge in [0.1, 0.15) is 17.1 Å². The number of carbonyl (C=O) groups excluding carboxylic acids is 1. The lowest BCUT2D eigenvalue weighted by Crippen LogP contribution is -2.14. The number of imidazole rings is 1. The molecule has 3 aromatic rings. The molecule has 7 nitrogen and oxygen atoms in total. The molecular weight excluding hydrogens is 392 g/mol. The van der Waals surface area contributed by atoms with Crippen LogP contribution in [-0.2, 0) is 11.2 Å². The van der Waals surface area contributed by atoms with Crippen molar-refractivity contribution in [3.63, 3.8) is 0 Å². The predicted octanol–water partition coefficient (Wildman–Crippen LogP) is 4.36. The number of hydrogen-bond donors (Lipinski definition) is 0. The third-order valence-corrected chi connectivity index (χ3v) is 6.53. The van der Waals surface area contributed by atoms with E-state index < -0.39 is 0 Å². The molecule has 0 spiro atoms. The minimum atomic E-state index is 0.0156. The molecule has 1 saturated heterocycles. The van der Waals surface area contributed by atoms with E-state index in [1.807, 2.05) is 40.5 Å². The van der Waals surface area contributed by atoms with Crippen LogP contribution in [0.3, 0.4) is 0 Å². The molecule has 2 fully saturated rings. The second kappa shape index (κ2) is 8.83. The maximum absolute atomic E-state index is 13.0. The summed E-state index contributed by atoms with van der Waals surface area (Å²) in [5, 5.41) is 4.59. The van der Waals surface area contributed by atoms with Gasteiger partial charge >= 0.3 is 0 Å². The van der Waals surface area contributed by atoms with Crippen molar-refractivity contribution in [2.24, 2.45) is 0 Å². The quantitative estimate of drug-likeness (QED) is 0.529. The van der Waals surface area contributed by atoms with Crippen molar-refractivity contribution in [2.45, 2.75) is 63.8 Å². The normalized spacial score (nSPS) is 18.1. The van der Waals surface area contributed by atoms with Gasteiger partial charge in [0, 0.05) is 55.8 Å². The van der Waals surface area contributed by atoms with Gasteiger partial charge in [-0.25, -0.2) is 4.98 Å². The van der Waals surface area contributed by atoms with E-state index in [9.17, 15) is 4.79 Å². The Morgan fingerprint density at radius 2 is 2.00 bits per heavy atom. The topological polar surface area (TPSA) is 70.7 Å². The van der Waals surface area contributed by atoms with E-state index in [2.05, 4.69) is 11.3 Å². The van der Waals surface area contributed by atoms with Gasteiger partial charge in [-0.3, -0.25) is 9.48 Å². The van der Waals surface area contributed by atoms with Gasteiger partial charge in [0.15, 0.2) is 5.78 Å². The number of aromatic nitrogens is 4. The molecule has 31 heavy (non-hydrogen) atoms. The Labute approximate surface area is 182 Å². The van der Waals surface area contributed by atoms with E-state index in [1.165, 1.54) is 12.8 Å². The molecule has 1 aliphatic carbocycles. The van der Waals surface area contributed by atoms with E-state index in [1.54, 1.807) is 0 Å². The average Bonchev–Trinajstić information content (AvgIpc) is 3.54. The molecule has 0 aromatic carbocycles. The first-order valence-electron chi connectivity index (χ1n) is 11.5. The molecule has 1 saturated carbocycles. The van der Waals surface area contributed by atoms with E-state index in [0.29, 0.717) is 24.3 Å². The van der Waals surface area contributed by atoms with Crippen molar-refractivity contribution >= 4 is 11.4 Å². The number of fused-ring (bicyclic) bond motifs is 1. The Balaban J connectivity index is 1.39. The van der Waals surface area contributed by atoms with Crippen LogP contribution in [0.1, 0.15) is 79.2 Å². The summed E-state index contributed by atoms with van der Waals surface area (Å²) in [6.45, 7) is 4.07. The first-order valence-corrected chi connectivity index (χ1v) is 11.5. The summed E-state index contributed by atoms with van der Waals surface area (Å²) < 4.78 is 15.4. The fourth-order valence-corrected chi connectivity index (χ4v) is 4.81. The molecule has 164 valence electrons. The molecule has 0 bridgehead atoms. The lowest BCUT2D eigenvalue weighted by atomic mass is 9.97. The SMILES string of the molecule is CCOc1cc2nc(C3CCOCC3)cn2cc1CC(=O)c1ccn(C2CCCC2)n1. The van der Waals surface area contributed by atoms with Gasteiger partial charge in [-0.2, -0.15) is 5.10 Å². The van der Waals surface area contributed by atoms with Crippen molar-refractivity contribution in [3.8, 4) is 5.75 Å². The van der Waals surface area contributed by atoms with Crippen LogP contribution in [0.5, 0.6) is 5.75 Å². The fraction of sp³-hybridized carbons (Fsp3) is 0.542. The highest BCUT2D eigenvalue weighted by Gasteiger charge is 2.22. The zero-order chi connectivity index (χ0) is 21.2. The third-order valence-electron chi connectivity index (χ3n) is 6.53. The molecule has 1 aliphatic heterocycles. The van der Waals surface area contributed by atoms with Crippen LogP contribution in [0.2, 0.25) is 0 Å². The smallest absolute Gasteiger partial charge is 0.187 e. The molecule has 4 heterocycles. The zero-order valence-corrected chi connectivity index (χ0v) is 18.1. The number of pyridine rings is 1. The highest BCUT2D eigenvalue weighted by molar-refractivity contribution is 5.96. The molecular formula is C24H30N4O3. The molecule has 0 unspecified atom stereocenters. The molecule has 2 aliphatic rings. The second-order valence-electron chi connectivity index (χ2n) is 8.63. The summed E-state index contributed by atoms with van der Waals surface area (Å²) in [5.74, 6) is 1.17. The van der Waals surface area contributed by atoms with Crippen LogP contribution >= 0.6 is 0 Å². The van der Waals surface area contributed by atoms with Crippen LogP contribution in [-0.4, -0.2) is 44.8 Å². The maximum Gasteiger partial charge on any atom is 0.187 e. The number of hydrogen-bond acceptors (Lipinski definition) is 5. The highest BCUT2D eigenvalue weighted by atomic mass is 16.5. The van der Waals surface area contributed by atoms with Gasteiger partial charge in [0.2, 0.25) is 0 Å². The molecule has 0 radical (unpaired) electrons. The van der Waals surface area contributed by atoms with Crippen LogP contribution in [0.15, 0.2) is 30.7 Å². The van der Waals surface area contributed by atoms with E-state index >= 15 is 0 Å². The van der Waals surface area contributed by atoms with Crippen LogP contribution in [0, 0.1) is 0 Å². The summed E-state index contributed by atoms with van der Waals surface area (Å²) in [4.78, 5) is 17.8. The number of nitrogens with zero attached hydrogens (tertiary/aromatic N) is 4. The minimum absolute atomic E-state index is 0.0156. The largest absolute Gasteiger partial charge is 0.493 e. The Bertz CT molecular complexity index is 1060. The first kappa shape index (κ1) is 20.2.